The first-order valence-electron chi connectivity index (χ1n) is 8.49. The molecule has 2 atom stereocenters. The van der Waals surface area contributed by atoms with E-state index in [1.54, 1.807) is 0 Å². The molecule has 2 aromatic rings. The van der Waals surface area contributed by atoms with Crippen molar-refractivity contribution in [2.45, 2.75) is 32.1 Å². The van der Waals surface area contributed by atoms with Crippen LogP contribution in [-0.4, -0.2) is 46.7 Å². The normalized spacial score (nSPS) is 22.8. The number of aromatic amines is 1. The highest BCUT2D eigenvalue weighted by Crippen LogP contribution is 2.27. The van der Waals surface area contributed by atoms with Crippen molar-refractivity contribution in [3.8, 4) is 0 Å². The number of nitrogens with one attached hydrogen (secondary N) is 2. The molecule has 6 nitrogen and oxygen atoms in total. The third-order valence-corrected chi connectivity index (χ3v) is 4.73. The second-order valence-electron chi connectivity index (χ2n) is 6.51. The molecule has 1 saturated heterocycles. The van der Waals surface area contributed by atoms with Crippen molar-refractivity contribution < 1.29 is 9.53 Å². The van der Waals surface area contributed by atoms with Crippen molar-refractivity contribution in [3.63, 3.8) is 0 Å². The van der Waals surface area contributed by atoms with Crippen LogP contribution in [0.2, 0.25) is 0 Å². The van der Waals surface area contributed by atoms with Crippen molar-refractivity contribution in [1.82, 2.24) is 20.4 Å². The topological polar surface area (TPSA) is 70.2 Å². The standard InChI is InChI=1S/C18H22N4O2.ClH/c1-12-10-22(11-16(24-12)13-5-3-2-4-6-13)18(23)17-14-9-19-8-7-15(14)20-21-17;/h2-6,12,16,19H,7-11H2,1H3,(H,20,21);1H. The number of amides is 1. The van der Waals surface area contributed by atoms with E-state index in [0.29, 0.717) is 25.3 Å². The summed E-state index contributed by atoms with van der Waals surface area (Å²) < 4.78 is 6.05. The Hall–Kier alpha value is -1.89. The smallest absolute Gasteiger partial charge is 0.274 e. The summed E-state index contributed by atoms with van der Waals surface area (Å²) in [6, 6.07) is 10.1. The zero-order chi connectivity index (χ0) is 16.5. The van der Waals surface area contributed by atoms with E-state index in [4.69, 9.17) is 4.74 Å². The number of aromatic nitrogens is 2. The van der Waals surface area contributed by atoms with Crippen LogP contribution in [0.1, 0.15) is 40.3 Å². The summed E-state index contributed by atoms with van der Waals surface area (Å²) in [5, 5.41) is 10.6. The molecule has 0 aliphatic carbocycles. The fourth-order valence-corrected chi connectivity index (χ4v) is 3.52. The number of H-pyrrole nitrogens is 1. The molecule has 1 fully saturated rings. The van der Waals surface area contributed by atoms with Crippen LogP contribution in [0.15, 0.2) is 30.3 Å². The molecule has 25 heavy (non-hydrogen) atoms. The third-order valence-electron chi connectivity index (χ3n) is 4.73. The minimum atomic E-state index is -0.0909. The zero-order valence-corrected chi connectivity index (χ0v) is 15.0. The van der Waals surface area contributed by atoms with Crippen LogP contribution in [0.5, 0.6) is 0 Å². The number of ether oxygens (including phenoxy) is 1. The first-order valence-corrected chi connectivity index (χ1v) is 8.49. The highest BCUT2D eigenvalue weighted by molar-refractivity contribution is 5.94. The Kier molecular flexibility index (Phi) is 5.42. The van der Waals surface area contributed by atoms with Gasteiger partial charge in [-0.1, -0.05) is 30.3 Å². The summed E-state index contributed by atoms with van der Waals surface area (Å²) in [6.07, 6.45) is 0.800. The zero-order valence-electron chi connectivity index (χ0n) is 14.2. The van der Waals surface area contributed by atoms with E-state index in [9.17, 15) is 4.79 Å². The Balaban J connectivity index is 0.00000182. The van der Waals surface area contributed by atoms with Crippen LogP contribution in [0.4, 0.5) is 0 Å². The van der Waals surface area contributed by atoms with Gasteiger partial charge in [-0.2, -0.15) is 5.10 Å². The molecule has 3 heterocycles. The number of carbonyl (C=O) groups is 1. The molecule has 7 heteroatoms. The largest absolute Gasteiger partial charge is 0.367 e. The quantitative estimate of drug-likeness (QED) is 0.858. The lowest BCUT2D eigenvalue weighted by Gasteiger charge is -2.37. The third kappa shape index (κ3) is 3.56. The van der Waals surface area contributed by atoms with E-state index in [0.717, 1.165) is 29.8 Å². The average Bonchev–Trinajstić information content (AvgIpc) is 3.05. The maximum absolute atomic E-state index is 13.0. The van der Waals surface area contributed by atoms with Gasteiger partial charge in [0.15, 0.2) is 5.69 Å². The number of morpholine rings is 1. The van der Waals surface area contributed by atoms with Crippen LogP contribution >= 0.6 is 12.4 Å². The van der Waals surface area contributed by atoms with Crippen LogP contribution in [0, 0.1) is 0 Å². The molecule has 2 aliphatic heterocycles. The summed E-state index contributed by atoms with van der Waals surface area (Å²) in [7, 11) is 0. The number of nitrogens with zero attached hydrogens (tertiary/aromatic N) is 2. The van der Waals surface area contributed by atoms with Crippen LogP contribution < -0.4 is 5.32 Å². The van der Waals surface area contributed by atoms with Gasteiger partial charge in [-0.15, -0.1) is 12.4 Å². The van der Waals surface area contributed by atoms with Crippen molar-refractivity contribution >= 4 is 18.3 Å². The highest BCUT2D eigenvalue weighted by Gasteiger charge is 2.32. The molecule has 2 unspecified atom stereocenters. The van der Waals surface area contributed by atoms with Gasteiger partial charge in [0.05, 0.1) is 12.6 Å². The number of rotatable bonds is 2. The van der Waals surface area contributed by atoms with Gasteiger partial charge in [-0.05, 0) is 12.5 Å². The Morgan fingerprint density at radius 3 is 2.88 bits per heavy atom. The molecule has 134 valence electrons. The monoisotopic (exact) mass is 362 g/mol. The number of carbonyl (C=O) groups excluding carboxylic acids is 1. The molecule has 4 rings (SSSR count). The second kappa shape index (κ2) is 7.56. The van der Waals surface area contributed by atoms with Gasteiger partial charge >= 0.3 is 0 Å². The molecule has 2 N–H and O–H groups in total. The molecule has 0 saturated carbocycles. The summed E-state index contributed by atoms with van der Waals surface area (Å²) in [5.74, 6) is -0.00715. The number of benzene rings is 1. The van der Waals surface area contributed by atoms with Crippen LogP contribution in [0.25, 0.3) is 0 Å². The molecule has 0 spiro atoms. The van der Waals surface area contributed by atoms with Crippen molar-refractivity contribution in [1.29, 1.82) is 0 Å². The molecule has 1 amide bonds. The maximum atomic E-state index is 13.0. The van der Waals surface area contributed by atoms with Gasteiger partial charge in [0, 0.05) is 37.3 Å². The molecular weight excluding hydrogens is 340 g/mol. The van der Waals surface area contributed by atoms with E-state index >= 15 is 0 Å². The fraction of sp³-hybridized carbons (Fsp3) is 0.444. The van der Waals surface area contributed by atoms with Gasteiger partial charge < -0.3 is 15.0 Å². The summed E-state index contributed by atoms with van der Waals surface area (Å²) in [4.78, 5) is 14.9. The fourth-order valence-electron chi connectivity index (χ4n) is 3.52. The van der Waals surface area contributed by atoms with Gasteiger partial charge in [0.2, 0.25) is 0 Å². The average molecular weight is 363 g/mol. The summed E-state index contributed by atoms with van der Waals surface area (Å²) >= 11 is 0. The number of hydrogen-bond acceptors (Lipinski definition) is 4. The summed E-state index contributed by atoms with van der Waals surface area (Å²) in [5.41, 5.74) is 3.75. The van der Waals surface area contributed by atoms with Crippen molar-refractivity contribution in [3.05, 3.63) is 52.8 Å². The predicted molar refractivity (Wildman–Crippen MR) is 96.9 cm³/mol. The molecule has 0 radical (unpaired) electrons. The van der Waals surface area contributed by atoms with Gasteiger partial charge in [0.1, 0.15) is 6.10 Å². The molecular formula is C18H23ClN4O2. The van der Waals surface area contributed by atoms with E-state index in [1.807, 2.05) is 42.2 Å². The maximum Gasteiger partial charge on any atom is 0.274 e. The minimum absolute atomic E-state index is 0. The van der Waals surface area contributed by atoms with Crippen molar-refractivity contribution in [2.75, 3.05) is 19.6 Å². The number of fused-ring (bicyclic) bond motifs is 1. The molecule has 2 aliphatic rings. The van der Waals surface area contributed by atoms with Gasteiger partial charge in [0.25, 0.3) is 5.91 Å². The highest BCUT2D eigenvalue weighted by atomic mass is 35.5. The number of hydrogen-bond donors (Lipinski definition) is 2. The van der Waals surface area contributed by atoms with Crippen molar-refractivity contribution in [2.24, 2.45) is 0 Å². The molecule has 1 aromatic carbocycles. The first-order chi connectivity index (χ1) is 11.7. The van der Waals surface area contributed by atoms with Crippen LogP contribution in [-0.2, 0) is 17.7 Å². The van der Waals surface area contributed by atoms with E-state index < -0.39 is 0 Å². The molecule has 0 bridgehead atoms. The van der Waals surface area contributed by atoms with Crippen LogP contribution in [0.3, 0.4) is 0 Å². The lowest BCUT2D eigenvalue weighted by molar-refractivity contribution is -0.0693. The Morgan fingerprint density at radius 2 is 2.08 bits per heavy atom. The SMILES string of the molecule is CC1CN(C(=O)c2n[nH]c3c2CNCC3)CC(c2ccccc2)O1.Cl. The lowest BCUT2D eigenvalue weighted by Crippen LogP contribution is -2.46. The Labute approximate surface area is 153 Å². The van der Waals surface area contributed by atoms with E-state index in [1.165, 1.54) is 0 Å². The number of halogens is 1. The minimum Gasteiger partial charge on any atom is -0.367 e. The Morgan fingerprint density at radius 1 is 1.28 bits per heavy atom. The lowest BCUT2D eigenvalue weighted by atomic mass is 10.0. The van der Waals surface area contributed by atoms with E-state index in [-0.39, 0.29) is 30.5 Å². The van der Waals surface area contributed by atoms with Gasteiger partial charge in [-0.25, -0.2) is 0 Å². The second-order valence-corrected chi connectivity index (χ2v) is 6.51. The predicted octanol–water partition coefficient (Wildman–Crippen LogP) is 2.08. The Bertz CT molecular complexity index is 734. The van der Waals surface area contributed by atoms with Gasteiger partial charge in [-0.3, -0.25) is 9.89 Å². The first kappa shape index (κ1) is 17.9. The molecule has 1 aromatic heterocycles. The van der Waals surface area contributed by atoms with E-state index in [2.05, 4.69) is 15.5 Å². The summed E-state index contributed by atoms with van der Waals surface area (Å²) in [6.45, 7) is 4.79.